The van der Waals surface area contributed by atoms with Gasteiger partial charge in [0, 0.05) is 13.0 Å². The molecule has 2 N–H and O–H groups in total. The molecule has 2 saturated heterocycles. The second-order valence-corrected chi connectivity index (χ2v) is 4.06. The molecule has 1 unspecified atom stereocenters. The summed E-state index contributed by atoms with van der Waals surface area (Å²) in [5.74, 6) is 0.247. The number of nitrogens with one attached hydrogen (secondary N) is 2. The van der Waals surface area contributed by atoms with E-state index in [0.717, 1.165) is 32.5 Å². The quantitative estimate of drug-likeness (QED) is 0.610. The predicted molar refractivity (Wildman–Crippen MR) is 54.0 cm³/mol. The van der Waals surface area contributed by atoms with Gasteiger partial charge in [0.05, 0.1) is 0 Å². The Morgan fingerprint density at radius 3 is 2.77 bits per heavy atom. The van der Waals surface area contributed by atoms with Crippen molar-refractivity contribution in [3.63, 3.8) is 0 Å². The standard InChI is InChI=1S/C9H16N2O.ClH/c12-8-6-9(7-11-8)2-1-4-10-5-3-9;/h10H,1-7H2,(H,11,12);1H. The van der Waals surface area contributed by atoms with Crippen LogP contribution in [0.2, 0.25) is 0 Å². The van der Waals surface area contributed by atoms with Crippen molar-refractivity contribution in [3.8, 4) is 0 Å². The lowest BCUT2D eigenvalue weighted by Crippen LogP contribution is -2.25. The summed E-state index contributed by atoms with van der Waals surface area (Å²) < 4.78 is 0. The molecule has 3 nitrogen and oxygen atoms in total. The SMILES string of the molecule is Cl.O=C1CC2(CCCNCC2)CN1. The molecule has 4 heteroatoms. The summed E-state index contributed by atoms with van der Waals surface area (Å²) in [6.45, 7) is 3.11. The van der Waals surface area contributed by atoms with E-state index in [2.05, 4.69) is 10.6 Å². The van der Waals surface area contributed by atoms with Gasteiger partial charge in [0.25, 0.3) is 0 Å². The second-order valence-electron chi connectivity index (χ2n) is 4.06. The van der Waals surface area contributed by atoms with E-state index in [-0.39, 0.29) is 18.3 Å². The molecule has 13 heavy (non-hydrogen) atoms. The van der Waals surface area contributed by atoms with Crippen molar-refractivity contribution in [3.05, 3.63) is 0 Å². The van der Waals surface area contributed by atoms with Crippen molar-refractivity contribution >= 4 is 18.3 Å². The predicted octanol–water partition coefficient (Wildman–Crippen LogP) is 0.688. The first kappa shape index (κ1) is 10.8. The van der Waals surface area contributed by atoms with Crippen LogP contribution in [-0.4, -0.2) is 25.5 Å². The Labute approximate surface area is 85.1 Å². The maximum atomic E-state index is 11.1. The average molecular weight is 205 g/mol. The number of halogens is 1. The zero-order valence-corrected chi connectivity index (χ0v) is 8.58. The van der Waals surface area contributed by atoms with Gasteiger partial charge in [-0.3, -0.25) is 4.79 Å². The summed E-state index contributed by atoms with van der Waals surface area (Å²) in [6.07, 6.45) is 4.34. The van der Waals surface area contributed by atoms with E-state index >= 15 is 0 Å². The summed E-state index contributed by atoms with van der Waals surface area (Å²) in [4.78, 5) is 11.1. The molecule has 0 saturated carbocycles. The minimum Gasteiger partial charge on any atom is -0.356 e. The fourth-order valence-electron chi connectivity index (χ4n) is 2.30. The molecule has 0 aromatic carbocycles. The molecule has 0 bridgehead atoms. The van der Waals surface area contributed by atoms with E-state index in [4.69, 9.17) is 0 Å². The normalized spacial score (nSPS) is 33.7. The zero-order valence-electron chi connectivity index (χ0n) is 7.77. The van der Waals surface area contributed by atoms with Gasteiger partial charge in [-0.15, -0.1) is 12.4 Å². The molecule has 2 aliphatic heterocycles. The maximum Gasteiger partial charge on any atom is 0.220 e. The van der Waals surface area contributed by atoms with Crippen molar-refractivity contribution in [1.29, 1.82) is 0 Å². The highest BCUT2D eigenvalue weighted by Crippen LogP contribution is 2.35. The van der Waals surface area contributed by atoms with Gasteiger partial charge in [-0.25, -0.2) is 0 Å². The second kappa shape index (κ2) is 4.29. The van der Waals surface area contributed by atoms with Crippen LogP contribution in [0.4, 0.5) is 0 Å². The summed E-state index contributed by atoms with van der Waals surface area (Å²) in [5.41, 5.74) is 0.306. The Bertz CT molecular complexity index is 188. The first-order chi connectivity index (χ1) is 5.81. The Hall–Kier alpha value is -0.280. The number of hydrogen-bond acceptors (Lipinski definition) is 2. The largest absolute Gasteiger partial charge is 0.356 e. The van der Waals surface area contributed by atoms with Crippen LogP contribution in [0.5, 0.6) is 0 Å². The fraction of sp³-hybridized carbons (Fsp3) is 0.889. The number of amides is 1. The van der Waals surface area contributed by atoms with Crippen molar-refractivity contribution in [2.75, 3.05) is 19.6 Å². The maximum absolute atomic E-state index is 11.1. The van der Waals surface area contributed by atoms with Crippen LogP contribution in [0.1, 0.15) is 25.7 Å². The minimum atomic E-state index is 0. The third-order valence-electron chi connectivity index (χ3n) is 3.09. The Morgan fingerprint density at radius 1 is 1.23 bits per heavy atom. The van der Waals surface area contributed by atoms with Crippen molar-refractivity contribution in [1.82, 2.24) is 10.6 Å². The van der Waals surface area contributed by atoms with Gasteiger partial charge < -0.3 is 10.6 Å². The van der Waals surface area contributed by atoms with Crippen molar-refractivity contribution < 1.29 is 4.79 Å². The van der Waals surface area contributed by atoms with E-state index in [9.17, 15) is 4.79 Å². The molecular weight excluding hydrogens is 188 g/mol. The molecule has 1 spiro atoms. The number of carbonyl (C=O) groups excluding carboxylic acids is 1. The molecule has 76 valence electrons. The van der Waals surface area contributed by atoms with Crippen LogP contribution >= 0.6 is 12.4 Å². The van der Waals surface area contributed by atoms with Gasteiger partial charge in [-0.1, -0.05) is 0 Å². The lowest BCUT2D eigenvalue weighted by atomic mass is 9.80. The monoisotopic (exact) mass is 204 g/mol. The van der Waals surface area contributed by atoms with Gasteiger partial charge in [0.1, 0.15) is 0 Å². The van der Waals surface area contributed by atoms with Crippen molar-refractivity contribution in [2.45, 2.75) is 25.7 Å². The van der Waals surface area contributed by atoms with E-state index < -0.39 is 0 Å². The smallest absolute Gasteiger partial charge is 0.220 e. The first-order valence-electron chi connectivity index (χ1n) is 4.78. The van der Waals surface area contributed by atoms with Crippen LogP contribution in [-0.2, 0) is 4.79 Å². The van der Waals surface area contributed by atoms with Gasteiger partial charge >= 0.3 is 0 Å². The Balaban J connectivity index is 0.000000845. The molecule has 0 aromatic heterocycles. The summed E-state index contributed by atoms with van der Waals surface area (Å²) >= 11 is 0. The lowest BCUT2D eigenvalue weighted by Gasteiger charge is -2.24. The lowest BCUT2D eigenvalue weighted by molar-refractivity contribution is -0.119. The third kappa shape index (κ3) is 2.35. The zero-order chi connectivity index (χ0) is 8.44. The molecule has 2 rings (SSSR count). The molecule has 1 atom stereocenters. The summed E-state index contributed by atoms with van der Waals surface area (Å²) in [6, 6.07) is 0. The fourth-order valence-corrected chi connectivity index (χ4v) is 2.30. The van der Waals surface area contributed by atoms with Gasteiger partial charge in [-0.05, 0) is 37.8 Å². The Kier molecular flexibility index (Phi) is 3.56. The molecule has 0 radical (unpaired) electrons. The van der Waals surface area contributed by atoms with Crippen LogP contribution < -0.4 is 10.6 Å². The molecule has 1 amide bonds. The first-order valence-corrected chi connectivity index (χ1v) is 4.78. The Morgan fingerprint density at radius 2 is 2.08 bits per heavy atom. The van der Waals surface area contributed by atoms with E-state index in [1.165, 1.54) is 12.8 Å². The highest BCUT2D eigenvalue weighted by Gasteiger charge is 2.37. The number of hydrogen-bond donors (Lipinski definition) is 2. The van der Waals surface area contributed by atoms with E-state index in [1.54, 1.807) is 0 Å². The highest BCUT2D eigenvalue weighted by atomic mass is 35.5. The average Bonchev–Trinajstić information content (AvgIpc) is 2.30. The summed E-state index contributed by atoms with van der Waals surface area (Å²) in [5, 5.41) is 6.32. The highest BCUT2D eigenvalue weighted by molar-refractivity contribution is 5.85. The molecule has 2 heterocycles. The van der Waals surface area contributed by atoms with Crippen molar-refractivity contribution in [2.24, 2.45) is 5.41 Å². The van der Waals surface area contributed by atoms with Crippen LogP contribution in [0.15, 0.2) is 0 Å². The van der Waals surface area contributed by atoms with Crippen LogP contribution in [0.3, 0.4) is 0 Å². The topological polar surface area (TPSA) is 41.1 Å². The molecule has 2 aliphatic rings. The third-order valence-corrected chi connectivity index (χ3v) is 3.09. The summed E-state index contributed by atoms with van der Waals surface area (Å²) in [7, 11) is 0. The molecule has 0 aromatic rings. The van der Waals surface area contributed by atoms with Crippen LogP contribution in [0.25, 0.3) is 0 Å². The van der Waals surface area contributed by atoms with E-state index in [1.807, 2.05) is 0 Å². The molecular formula is C9H17ClN2O. The van der Waals surface area contributed by atoms with Gasteiger partial charge in [0.15, 0.2) is 0 Å². The van der Waals surface area contributed by atoms with Gasteiger partial charge in [0.2, 0.25) is 5.91 Å². The number of rotatable bonds is 0. The molecule has 2 fully saturated rings. The molecule has 0 aliphatic carbocycles. The van der Waals surface area contributed by atoms with Crippen LogP contribution in [0, 0.1) is 5.41 Å². The number of carbonyl (C=O) groups is 1. The van der Waals surface area contributed by atoms with E-state index in [0.29, 0.717) is 5.41 Å². The van der Waals surface area contributed by atoms with Gasteiger partial charge in [-0.2, -0.15) is 0 Å². The minimum absolute atomic E-state index is 0.